The van der Waals surface area contributed by atoms with Crippen LogP contribution in [-0.2, 0) is 4.79 Å². The van der Waals surface area contributed by atoms with Crippen LogP contribution in [0, 0.1) is 12.8 Å². The fourth-order valence-corrected chi connectivity index (χ4v) is 1.85. The van der Waals surface area contributed by atoms with Crippen molar-refractivity contribution in [2.75, 3.05) is 11.9 Å². The molecule has 0 spiro atoms. The Balaban J connectivity index is 2.46. The molecule has 1 rings (SSSR count). The summed E-state index contributed by atoms with van der Waals surface area (Å²) in [5.74, 6) is -1.04. The van der Waals surface area contributed by atoms with Crippen LogP contribution in [0.2, 0.25) is 0 Å². The molecule has 3 nitrogen and oxygen atoms in total. The summed E-state index contributed by atoms with van der Waals surface area (Å²) in [5.41, 5.74) is 2.21. The number of carboxylic acids is 1. The van der Waals surface area contributed by atoms with Crippen LogP contribution in [0.5, 0.6) is 0 Å². The molecule has 0 saturated heterocycles. The number of halogens is 1. The van der Waals surface area contributed by atoms with Gasteiger partial charge in [0.1, 0.15) is 0 Å². The van der Waals surface area contributed by atoms with Crippen LogP contribution in [0.15, 0.2) is 22.7 Å². The minimum absolute atomic E-state index is 0.303. The first-order valence-corrected chi connectivity index (χ1v) is 6.03. The Hall–Kier alpha value is -1.03. The highest BCUT2D eigenvalue weighted by Gasteiger charge is 2.09. The van der Waals surface area contributed by atoms with Crippen molar-refractivity contribution < 1.29 is 9.90 Å². The van der Waals surface area contributed by atoms with Gasteiger partial charge in [0, 0.05) is 16.7 Å². The molecule has 0 aliphatic rings. The molecule has 0 heterocycles. The normalized spacial score (nSPS) is 12.2. The average molecular weight is 286 g/mol. The smallest absolute Gasteiger partial charge is 0.306 e. The van der Waals surface area contributed by atoms with Crippen molar-refractivity contribution in [3.63, 3.8) is 0 Å². The molecule has 2 N–H and O–H groups in total. The molecular weight excluding hydrogens is 270 g/mol. The van der Waals surface area contributed by atoms with E-state index in [1.54, 1.807) is 6.92 Å². The Kier molecular flexibility index (Phi) is 4.80. The van der Waals surface area contributed by atoms with Crippen molar-refractivity contribution >= 4 is 27.6 Å². The van der Waals surface area contributed by atoms with Crippen LogP contribution in [0.3, 0.4) is 0 Å². The third kappa shape index (κ3) is 3.85. The van der Waals surface area contributed by atoms with Crippen LogP contribution in [0.25, 0.3) is 0 Å². The van der Waals surface area contributed by atoms with Gasteiger partial charge in [0.15, 0.2) is 0 Å². The first-order chi connectivity index (χ1) is 7.50. The fourth-order valence-electron chi connectivity index (χ4n) is 1.37. The van der Waals surface area contributed by atoms with Crippen molar-refractivity contribution in [1.29, 1.82) is 0 Å². The van der Waals surface area contributed by atoms with E-state index in [2.05, 4.69) is 21.2 Å². The monoisotopic (exact) mass is 285 g/mol. The predicted molar refractivity (Wildman–Crippen MR) is 68.8 cm³/mol. The van der Waals surface area contributed by atoms with E-state index in [1.807, 2.05) is 25.1 Å². The van der Waals surface area contributed by atoms with Crippen LogP contribution < -0.4 is 5.32 Å². The number of carboxylic acid groups (broad SMARTS) is 1. The molecule has 0 saturated carbocycles. The van der Waals surface area contributed by atoms with Gasteiger partial charge < -0.3 is 10.4 Å². The lowest BCUT2D eigenvalue weighted by molar-refractivity contribution is -0.141. The van der Waals surface area contributed by atoms with E-state index < -0.39 is 5.97 Å². The number of aliphatic carboxylic acids is 1. The molecule has 0 amide bonds. The third-order valence-electron chi connectivity index (χ3n) is 2.50. The summed E-state index contributed by atoms with van der Waals surface area (Å²) in [5, 5.41) is 12.0. The number of benzene rings is 1. The highest BCUT2D eigenvalue weighted by Crippen LogP contribution is 2.20. The van der Waals surface area contributed by atoms with Crippen molar-refractivity contribution in [2.45, 2.75) is 20.3 Å². The van der Waals surface area contributed by atoms with E-state index in [-0.39, 0.29) is 5.92 Å². The summed E-state index contributed by atoms with van der Waals surface area (Å²) in [4.78, 5) is 10.6. The first-order valence-electron chi connectivity index (χ1n) is 5.23. The minimum atomic E-state index is -0.741. The predicted octanol–water partition coefficient (Wildman–Crippen LogP) is 3.28. The van der Waals surface area contributed by atoms with Crippen LogP contribution in [-0.4, -0.2) is 17.6 Å². The third-order valence-corrected chi connectivity index (χ3v) is 3.00. The minimum Gasteiger partial charge on any atom is -0.481 e. The van der Waals surface area contributed by atoms with Gasteiger partial charge in [0.2, 0.25) is 0 Å². The van der Waals surface area contributed by atoms with Crippen LogP contribution in [0.4, 0.5) is 5.69 Å². The second-order valence-electron chi connectivity index (χ2n) is 3.91. The number of nitrogens with one attached hydrogen (secondary N) is 1. The lowest BCUT2D eigenvalue weighted by Gasteiger charge is -2.11. The molecule has 1 aromatic rings. The number of rotatable bonds is 5. The van der Waals surface area contributed by atoms with E-state index in [9.17, 15) is 4.79 Å². The zero-order valence-electron chi connectivity index (χ0n) is 9.46. The molecule has 0 aromatic heterocycles. The maximum atomic E-state index is 10.6. The average Bonchev–Trinajstić information content (AvgIpc) is 2.20. The van der Waals surface area contributed by atoms with Crippen LogP contribution in [0.1, 0.15) is 18.9 Å². The lowest BCUT2D eigenvalue weighted by Crippen LogP contribution is -2.14. The summed E-state index contributed by atoms with van der Waals surface area (Å²) in [7, 11) is 0. The van der Waals surface area contributed by atoms with Crippen molar-refractivity contribution in [1.82, 2.24) is 0 Å². The SMILES string of the molecule is Cc1cc(Br)ccc1NCCC(C)C(=O)O. The molecule has 1 unspecified atom stereocenters. The number of anilines is 1. The fraction of sp³-hybridized carbons (Fsp3) is 0.417. The molecule has 0 aliphatic carbocycles. The van der Waals surface area contributed by atoms with Crippen molar-refractivity contribution in [3.8, 4) is 0 Å². The Morgan fingerprint density at radius 1 is 1.56 bits per heavy atom. The summed E-state index contributed by atoms with van der Waals surface area (Å²) in [6.07, 6.45) is 0.630. The van der Waals surface area contributed by atoms with E-state index >= 15 is 0 Å². The largest absolute Gasteiger partial charge is 0.481 e. The highest BCUT2D eigenvalue weighted by molar-refractivity contribution is 9.10. The second kappa shape index (κ2) is 5.89. The van der Waals surface area contributed by atoms with E-state index in [0.717, 1.165) is 15.7 Å². The molecule has 0 bridgehead atoms. The van der Waals surface area contributed by atoms with Gasteiger partial charge in [-0.15, -0.1) is 0 Å². The van der Waals surface area contributed by atoms with Gasteiger partial charge >= 0.3 is 5.97 Å². The summed E-state index contributed by atoms with van der Waals surface area (Å²) in [6.45, 7) is 4.42. The van der Waals surface area contributed by atoms with Gasteiger partial charge in [0.25, 0.3) is 0 Å². The van der Waals surface area contributed by atoms with E-state index in [1.165, 1.54) is 0 Å². The molecule has 1 atom stereocenters. The van der Waals surface area contributed by atoms with E-state index in [0.29, 0.717) is 13.0 Å². The molecule has 4 heteroatoms. The molecule has 16 heavy (non-hydrogen) atoms. The molecule has 0 radical (unpaired) electrons. The van der Waals surface area contributed by atoms with Crippen molar-refractivity contribution in [3.05, 3.63) is 28.2 Å². The quantitative estimate of drug-likeness (QED) is 0.873. The standard InChI is InChI=1S/C12H16BrNO2/c1-8(12(15)16)5-6-14-11-4-3-10(13)7-9(11)2/h3-4,7-8,14H,5-6H2,1-2H3,(H,15,16). The Morgan fingerprint density at radius 2 is 2.25 bits per heavy atom. The number of carbonyl (C=O) groups is 1. The second-order valence-corrected chi connectivity index (χ2v) is 4.83. The van der Waals surface area contributed by atoms with Gasteiger partial charge in [0.05, 0.1) is 5.92 Å². The molecule has 0 fully saturated rings. The maximum Gasteiger partial charge on any atom is 0.306 e. The van der Waals surface area contributed by atoms with E-state index in [4.69, 9.17) is 5.11 Å². The topological polar surface area (TPSA) is 49.3 Å². The Morgan fingerprint density at radius 3 is 2.81 bits per heavy atom. The lowest BCUT2D eigenvalue weighted by atomic mass is 10.1. The Labute approximate surface area is 104 Å². The molecule has 1 aromatic carbocycles. The molecular formula is C12H16BrNO2. The maximum absolute atomic E-state index is 10.6. The van der Waals surface area contributed by atoms with Gasteiger partial charge in [-0.3, -0.25) is 4.79 Å². The van der Waals surface area contributed by atoms with Gasteiger partial charge in [-0.1, -0.05) is 22.9 Å². The molecule has 0 aliphatic heterocycles. The number of aryl methyl sites for hydroxylation is 1. The van der Waals surface area contributed by atoms with Crippen LogP contribution >= 0.6 is 15.9 Å². The zero-order chi connectivity index (χ0) is 12.1. The summed E-state index contributed by atoms with van der Waals surface area (Å²) in [6, 6.07) is 5.99. The van der Waals surface area contributed by atoms with Gasteiger partial charge in [-0.05, 0) is 37.1 Å². The van der Waals surface area contributed by atoms with Gasteiger partial charge in [-0.25, -0.2) is 0 Å². The molecule has 88 valence electrons. The summed E-state index contributed by atoms with van der Waals surface area (Å²) < 4.78 is 1.05. The zero-order valence-corrected chi connectivity index (χ0v) is 11.0. The number of hydrogen-bond acceptors (Lipinski definition) is 2. The number of hydrogen-bond donors (Lipinski definition) is 2. The summed E-state index contributed by atoms with van der Waals surface area (Å²) >= 11 is 3.40. The highest BCUT2D eigenvalue weighted by atomic mass is 79.9. The Bertz CT molecular complexity index is 379. The first kappa shape index (κ1) is 13.0. The van der Waals surface area contributed by atoms with Gasteiger partial charge in [-0.2, -0.15) is 0 Å². The van der Waals surface area contributed by atoms with Crippen molar-refractivity contribution in [2.24, 2.45) is 5.92 Å².